The molecular formula is C21H24N3O2+. The minimum Gasteiger partial charge on any atom is -0.345 e. The molecule has 26 heavy (non-hydrogen) atoms. The molecule has 2 aliphatic heterocycles. The van der Waals surface area contributed by atoms with Crippen LogP contribution in [0.4, 0.5) is 0 Å². The molecule has 1 aromatic carbocycles. The molecule has 1 aromatic rings. The van der Waals surface area contributed by atoms with E-state index in [-0.39, 0.29) is 17.9 Å². The zero-order valence-corrected chi connectivity index (χ0v) is 15.4. The Balaban J connectivity index is 2.00. The zero-order chi connectivity index (χ0) is 18.7. The van der Waals surface area contributed by atoms with Gasteiger partial charge in [-0.3, -0.25) is 9.59 Å². The van der Waals surface area contributed by atoms with E-state index in [1.165, 1.54) is 0 Å². The number of rotatable bonds is 5. The van der Waals surface area contributed by atoms with Crippen molar-refractivity contribution in [3.63, 3.8) is 0 Å². The van der Waals surface area contributed by atoms with Crippen molar-refractivity contribution >= 4 is 23.6 Å². The number of allylic oxidation sites excluding steroid dienone is 2. The molecule has 3 rings (SSSR count). The second-order valence-electron chi connectivity index (χ2n) is 6.58. The van der Waals surface area contributed by atoms with Crippen LogP contribution in [-0.2, 0) is 4.79 Å². The smallest absolute Gasteiger partial charge is 0.300 e. The number of amides is 2. The van der Waals surface area contributed by atoms with Crippen LogP contribution < -0.4 is 4.99 Å². The maximum absolute atomic E-state index is 12.7. The van der Waals surface area contributed by atoms with Gasteiger partial charge in [-0.15, -0.1) is 0 Å². The van der Waals surface area contributed by atoms with E-state index in [4.69, 9.17) is 0 Å². The first kappa shape index (κ1) is 17.9. The van der Waals surface area contributed by atoms with Gasteiger partial charge in [0, 0.05) is 49.6 Å². The Labute approximate surface area is 154 Å². The highest BCUT2D eigenvalue weighted by Crippen LogP contribution is 2.31. The third kappa shape index (κ3) is 3.38. The Morgan fingerprint density at radius 3 is 2.85 bits per heavy atom. The molecule has 0 fully saturated rings. The van der Waals surface area contributed by atoms with E-state index in [0.717, 1.165) is 23.1 Å². The van der Waals surface area contributed by atoms with Gasteiger partial charge >= 0.3 is 0 Å². The predicted molar refractivity (Wildman–Crippen MR) is 102 cm³/mol. The molecule has 0 spiro atoms. The van der Waals surface area contributed by atoms with Crippen molar-refractivity contribution in [2.45, 2.75) is 19.4 Å². The molecule has 1 atom stereocenters. The minimum absolute atomic E-state index is 0.0371. The van der Waals surface area contributed by atoms with Gasteiger partial charge in [0.2, 0.25) is 0 Å². The quantitative estimate of drug-likeness (QED) is 0.806. The van der Waals surface area contributed by atoms with Gasteiger partial charge in [0.15, 0.2) is 6.21 Å². The monoisotopic (exact) mass is 350 g/mol. The molecule has 134 valence electrons. The lowest BCUT2D eigenvalue weighted by atomic mass is 9.90. The van der Waals surface area contributed by atoms with Gasteiger partial charge in [0.25, 0.3) is 17.9 Å². The van der Waals surface area contributed by atoms with Crippen molar-refractivity contribution in [2.75, 3.05) is 20.6 Å². The highest BCUT2D eigenvalue weighted by atomic mass is 16.2. The first-order chi connectivity index (χ1) is 12.5. The molecule has 2 heterocycles. The molecule has 0 bridgehead atoms. The van der Waals surface area contributed by atoms with Crippen LogP contribution >= 0.6 is 0 Å². The highest BCUT2D eigenvalue weighted by Gasteiger charge is 2.39. The fraction of sp³-hybridized carbons (Fsp3) is 0.286. The minimum atomic E-state index is -0.363. The summed E-state index contributed by atoms with van der Waals surface area (Å²) in [6.07, 6.45) is 10.6. The van der Waals surface area contributed by atoms with Crippen LogP contribution in [0.3, 0.4) is 0 Å². The first-order valence-corrected chi connectivity index (χ1v) is 8.82. The number of nitrogens with one attached hydrogen (secondary N) is 1. The van der Waals surface area contributed by atoms with Crippen LogP contribution in [0.2, 0.25) is 0 Å². The van der Waals surface area contributed by atoms with Crippen molar-refractivity contribution in [2.24, 2.45) is 0 Å². The van der Waals surface area contributed by atoms with Crippen molar-refractivity contribution in [3.8, 4) is 0 Å². The molecular weight excluding hydrogens is 326 g/mol. The van der Waals surface area contributed by atoms with Gasteiger partial charge in [-0.2, -0.15) is 0 Å². The molecule has 0 saturated heterocycles. The fourth-order valence-corrected chi connectivity index (χ4v) is 3.15. The molecule has 0 saturated carbocycles. The van der Waals surface area contributed by atoms with Crippen LogP contribution in [0.15, 0.2) is 54.3 Å². The molecule has 1 unspecified atom stereocenters. The van der Waals surface area contributed by atoms with Gasteiger partial charge in [-0.1, -0.05) is 31.2 Å². The number of carbonyl (C=O) groups excluding carboxylic acids is 2. The summed E-state index contributed by atoms with van der Waals surface area (Å²) in [6.45, 7) is 2.61. The lowest BCUT2D eigenvalue weighted by molar-refractivity contribution is -0.467. The van der Waals surface area contributed by atoms with Crippen molar-refractivity contribution in [1.29, 1.82) is 0 Å². The Morgan fingerprint density at radius 1 is 1.31 bits per heavy atom. The van der Waals surface area contributed by atoms with Crippen molar-refractivity contribution < 1.29 is 14.6 Å². The molecule has 5 heteroatoms. The Bertz CT molecular complexity index is 847. The third-order valence-electron chi connectivity index (χ3n) is 4.49. The predicted octanol–water partition coefficient (Wildman–Crippen LogP) is 0.998. The van der Waals surface area contributed by atoms with Crippen molar-refractivity contribution in [1.82, 2.24) is 9.80 Å². The molecule has 2 aliphatic rings. The largest absolute Gasteiger partial charge is 0.345 e. The summed E-state index contributed by atoms with van der Waals surface area (Å²) in [5, 5.41) is 0. The van der Waals surface area contributed by atoms with Gasteiger partial charge in [-0.05, 0) is 24.1 Å². The third-order valence-corrected chi connectivity index (χ3v) is 4.49. The summed E-state index contributed by atoms with van der Waals surface area (Å²) < 4.78 is 0. The summed E-state index contributed by atoms with van der Waals surface area (Å²) in [6, 6.07) is 7.20. The first-order valence-electron chi connectivity index (χ1n) is 8.82. The van der Waals surface area contributed by atoms with E-state index < -0.39 is 0 Å². The molecule has 2 amide bonds. The maximum Gasteiger partial charge on any atom is 0.300 e. The molecule has 0 radical (unpaired) electrons. The van der Waals surface area contributed by atoms with Crippen LogP contribution in [0, 0.1) is 0 Å². The van der Waals surface area contributed by atoms with Crippen LogP contribution in [0.1, 0.15) is 29.3 Å². The Kier molecular flexibility index (Phi) is 5.16. The van der Waals surface area contributed by atoms with E-state index in [2.05, 4.69) is 18.0 Å². The van der Waals surface area contributed by atoms with Gasteiger partial charge in [-0.25, -0.2) is 4.99 Å². The van der Waals surface area contributed by atoms with Crippen LogP contribution in [0.25, 0.3) is 5.57 Å². The summed E-state index contributed by atoms with van der Waals surface area (Å²) in [5.74, 6) is -0.00117. The fourth-order valence-electron chi connectivity index (χ4n) is 3.15. The second-order valence-corrected chi connectivity index (χ2v) is 6.58. The summed E-state index contributed by atoms with van der Waals surface area (Å²) in [4.78, 5) is 31.4. The Morgan fingerprint density at radius 2 is 2.12 bits per heavy atom. The summed E-state index contributed by atoms with van der Waals surface area (Å²) >= 11 is 0. The van der Waals surface area contributed by atoms with E-state index in [0.29, 0.717) is 12.1 Å². The number of fused-ring (bicyclic) bond motifs is 1. The van der Waals surface area contributed by atoms with Crippen LogP contribution in [0.5, 0.6) is 0 Å². The van der Waals surface area contributed by atoms with Gasteiger partial charge in [0.1, 0.15) is 0 Å². The second kappa shape index (κ2) is 7.52. The molecule has 5 nitrogen and oxygen atoms in total. The Hall–Kier alpha value is -2.95. The normalized spacial score (nSPS) is 18.8. The number of hydrogen-bond donors (Lipinski definition) is 1. The average molecular weight is 350 g/mol. The summed E-state index contributed by atoms with van der Waals surface area (Å²) in [5.41, 5.74) is 3.48. The average Bonchev–Trinajstić information content (AvgIpc) is 3.13. The van der Waals surface area contributed by atoms with Gasteiger partial charge in [0.05, 0.1) is 0 Å². The summed E-state index contributed by atoms with van der Waals surface area (Å²) in [7, 11) is 3.48. The highest BCUT2D eigenvalue weighted by molar-refractivity contribution is 6.02. The topological polar surface area (TPSA) is 54.6 Å². The van der Waals surface area contributed by atoms with Crippen LogP contribution in [-0.4, -0.2) is 54.5 Å². The van der Waals surface area contributed by atoms with Gasteiger partial charge < -0.3 is 9.80 Å². The standard InChI is InChI=1S/C21H23N3O2/c1-4-5-6-12-24-14-18(17-10-11-22-19(17)21(24)26)15-8-7-9-16(13-15)20(25)23(2)3/h5-11,13-14,19H,4,12H2,1-3H3/p+1/b6-5+. The van der Waals surface area contributed by atoms with E-state index >= 15 is 0 Å². The van der Waals surface area contributed by atoms with E-state index in [1.54, 1.807) is 23.9 Å². The number of hydrogen-bond acceptors (Lipinski definition) is 2. The SMILES string of the molecule is CC/C=C/CN1C=C(c2cccc(C(=O)N(C)C)c2)C2=CC=[NH+]C2C1=O. The zero-order valence-electron chi connectivity index (χ0n) is 15.4. The molecule has 0 aromatic heterocycles. The number of benzene rings is 1. The lowest BCUT2D eigenvalue weighted by Crippen LogP contribution is -2.79. The molecule has 1 N–H and O–H groups in total. The van der Waals surface area contributed by atoms with E-state index in [1.807, 2.05) is 48.8 Å². The number of nitrogens with zero attached hydrogens (tertiary/aromatic N) is 2. The van der Waals surface area contributed by atoms with Crippen molar-refractivity contribution in [3.05, 3.63) is 65.4 Å². The number of carbonyl (C=O) groups is 2. The lowest BCUT2D eigenvalue weighted by Gasteiger charge is -2.26. The molecule has 0 aliphatic carbocycles. The maximum atomic E-state index is 12.7. The van der Waals surface area contributed by atoms with E-state index in [9.17, 15) is 9.59 Å².